The first-order chi connectivity index (χ1) is 7.75. The van der Waals surface area contributed by atoms with Crippen LogP contribution in [0.4, 0.5) is 0 Å². The van der Waals surface area contributed by atoms with Gasteiger partial charge in [-0.05, 0) is 36.1 Å². The summed E-state index contributed by atoms with van der Waals surface area (Å²) in [5.74, 6) is 0. The summed E-state index contributed by atoms with van der Waals surface area (Å²) < 4.78 is 0. The third-order valence-electron chi connectivity index (χ3n) is 2.50. The Kier molecular flexibility index (Phi) is 3.99. The molecule has 2 rings (SSSR count). The molecule has 1 aromatic carbocycles. The molecule has 0 saturated heterocycles. The number of hydrogen-bond acceptors (Lipinski definition) is 2. The van der Waals surface area contributed by atoms with E-state index in [0.717, 1.165) is 11.6 Å². The van der Waals surface area contributed by atoms with Crippen LogP contribution in [0, 0.1) is 0 Å². The van der Waals surface area contributed by atoms with Crippen molar-refractivity contribution in [2.75, 3.05) is 0 Å². The molecule has 0 spiro atoms. The van der Waals surface area contributed by atoms with Gasteiger partial charge in [-0.1, -0.05) is 29.8 Å². The van der Waals surface area contributed by atoms with Crippen LogP contribution in [0.25, 0.3) is 0 Å². The average Bonchev–Trinajstić information content (AvgIpc) is 2.81. The second-order valence-electron chi connectivity index (χ2n) is 3.74. The van der Waals surface area contributed by atoms with Gasteiger partial charge in [0.1, 0.15) is 0 Å². The number of benzene rings is 1. The predicted octanol–water partition coefficient (Wildman–Crippen LogP) is 4.25. The minimum absolute atomic E-state index is 0.399. The Bertz CT molecular complexity index is 422. The van der Waals surface area contributed by atoms with Crippen LogP contribution >= 0.6 is 22.9 Å². The molecule has 16 heavy (non-hydrogen) atoms. The summed E-state index contributed by atoms with van der Waals surface area (Å²) in [5.41, 5.74) is 1.26. The molecular formula is C13H14ClNS. The number of hydrogen-bond donors (Lipinski definition) is 1. The Hall–Kier alpha value is -0.830. The van der Waals surface area contributed by atoms with Gasteiger partial charge in [-0.2, -0.15) is 0 Å². The maximum absolute atomic E-state index is 5.84. The Morgan fingerprint density at radius 1 is 1.25 bits per heavy atom. The van der Waals surface area contributed by atoms with E-state index in [0.29, 0.717) is 6.04 Å². The molecule has 1 atom stereocenters. The van der Waals surface area contributed by atoms with Crippen molar-refractivity contribution >= 4 is 22.9 Å². The molecule has 1 heterocycles. The lowest BCUT2D eigenvalue weighted by Crippen LogP contribution is -2.16. The van der Waals surface area contributed by atoms with Gasteiger partial charge in [0.25, 0.3) is 0 Å². The Morgan fingerprint density at radius 3 is 2.62 bits per heavy atom. The molecule has 3 heteroatoms. The number of nitrogens with one attached hydrogen (secondary N) is 1. The van der Waals surface area contributed by atoms with E-state index in [-0.39, 0.29) is 0 Å². The highest BCUT2D eigenvalue weighted by Gasteiger charge is 2.04. The van der Waals surface area contributed by atoms with Crippen LogP contribution in [-0.2, 0) is 6.54 Å². The zero-order valence-corrected chi connectivity index (χ0v) is 10.7. The molecule has 0 aliphatic rings. The molecule has 0 unspecified atom stereocenters. The molecule has 0 bridgehead atoms. The van der Waals surface area contributed by atoms with Crippen LogP contribution in [0.3, 0.4) is 0 Å². The van der Waals surface area contributed by atoms with Gasteiger partial charge < -0.3 is 5.32 Å². The van der Waals surface area contributed by atoms with Gasteiger partial charge in [-0.25, -0.2) is 0 Å². The fraction of sp³-hybridized carbons (Fsp3) is 0.231. The second kappa shape index (κ2) is 5.48. The Balaban J connectivity index is 1.90. The maximum Gasteiger partial charge on any atom is 0.0406 e. The van der Waals surface area contributed by atoms with E-state index in [1.165, 1.54) is 10.4 Å². The smallest absolute Gasteiger partial charge is 0.0406 e. The first-order valence-corrected chi connectivity index (χ1v) is 6.52. The van der Waals surface area contributed by atoms with Crippen molar-refractivity contribution in [2.24, 2.45) is 0 Å². The summed E-state index contributed by atoms with van der Waals surface area (Å²) in [5, 5.41) is 6.38. The summed E-state index contributed by atoms with van der Waals surface area (Å²) in [4.78, 5) is 1.37. The Morgan fingerprint density at radius 2 is 2.00 bits per heavy atom. The first-order valence-electron chi connectivity index (χ1n) is 5.27. The highest BCUT2D eigenvalue weighted by Crippen LogP contribution is 2.18. The quantitative estimate of drug-likeness (QED) is 0.857. The van der Waals surface area contributed by atoms with E-state index in [1.54, 1.807) is 11.3 Å². The van der Waals surface area contributed by atoms with Crippen LogP contribution in [0.1, 0.15) is 23.4 Å². The third kappa shape index (κ3) is 3.08. The minimum Gasteiger partial charge on any atom is -0.305 e. The summed E-state index contributed by atoms with van der Waals surface area (Å²) in [6.45, 7) is 3.05. The SMILES string of the molecule is C[C@@H](NCc1ccc(Cl)cc1)c1cccs1. The molecule has 2 aromatic rings. The fourth-order valence-electron chi connectivity index (χ4n) is 1.51. The van der Waals surface area contributed by atoms with Crippen LogP contribution < -0.4 is 5.32 Å². The lowest BCUT2D eigenvalue weighted by molar-refractivity contribution is 0.583. The maximum atomic E-state index is 5.84. The summed E-state index contributed by atoms with van der Waals surface area (Å²) in [7, 11) is 0. The van der Waals surface area contributed by atoms with Gasteiger partial charge in [0.05, 0.1) is 0 Å². The van der Waals surface area contributed by atoms with E-state index in [4.69, 9.17) is 11.6 Å². The Labute approximate surface area is 105 Å². The summed E-state index contributed by atoms with van der Waals surface area (Å²) in [6.07, 6.45) is 0. The third-order valence-corrected chi connectivity index (χ3v) is 3.80. The molecule has 1 N–H and O–H groups in total. The molecule has 0 saturated carbocycles. The zero-order chi connectivity index (χ0) is 11.4. The zero-order valence-electron chi connectivity index (χ0n) is 9.11. The molecule has 0 radical (unpaired) electrons. The van der Waals surface area contributed by atoms with Gasteiger partial charge >= 0.3 is 0 Å². The molecule has 0 amide bonds. The predicted molar refractivity (Wildman–Crippen MR) is 71.0 cm³/mol. The summed E-state index contributed by atoms with van der Waals surface area (Å²) >= 11 is 7.62. The van der Waals surface area contributed by atoms with Crippen LogP contribution in [0.15, 0.2) is 41.8 Å². The van der Waals surface area contributed by atoms with E-state index < -0.39 is 0 Å². The van der Waals surface area contributed by atoms with Crippen molar-refractivity contribution in [3.8, 4) is 0 Å². The second-order valence-corrected chi connectivity index (χ2v) is 5.16. The van der Waals surface area contributed by atoms with Crippen LogP contribution in [-0.4, -0.2) is 0 Å². The normalized spacial score (nSPS) is 12.6. The lowest BCUT2D eigenvalue weighted by Gasteiger charge is -2.11. The molecule has 1 nitrogen and oxygen atoms in total. The average molecular weight is 252 g/mol. The van der Waals surface area contributed by atoms with Gasteiger partial charge in [-0.15, -0.1) is 11.3 Å². The highest BCUT2D eigenvalue weighted by molar-refractivity contribution is 7.10. The van der Waals surface area contributed by atoms with E-state index in [9.17, 15) is 0 Å². The van der Waals surface area contributed by atoms with Crippen molar-refractivity contribution in [1.82, 2.24) is 5.32 Å². The number of halogens is 1. The molecule has 0 aliphatic carbocycles. The van der Waals surface area contributed by atoms with Gasteiger partial charge in [0, 0.05) is 22.5 Å². The molecular weight excluding hydrogens is 238 g/mol. The first kappa shape index (κ1) is 11.6. The van der Waals surface area contributed by atoms with Crippen molar-refractivity contribution in [1.29, 1.82) is 0 Å². The topological polar surface area (TPSA) is 12.0 Å². The molecule has 0 fully saturated rings. The van der Waals surface area contributed by atoms with Crippen molar-refractivity contribution in [3.05, 3.63) is 57.2 Å². The van der Waals surface area contributed by atoms with Crippen LogP contribution in [0.2, 0.25) is 5.02 Å². The molecule has 84 valence electrons. The largest absolute Gasteiger partial charge is 0.305 e. The fourth-order valence-corrected chi connectivity index (χ4v) is 2.40. The summed E-state index contributed by atoms with van der Waals surface area (Å²) in [6, 6.07) is 12.6. The standard InChI is InChI=1S/C13H14ClNS/c1-10(13-3-2-8-16-13)15-9-11-4-6-12(14)7-5-11/h2-8,10,15H,9H2,1H3/t10-/m1/s1. The van der Waals surface area contributed by atoms with E-state index >= 15 is 0 Å². The van der Waals surface area contributed by atoms with Crippen molar-refractivity contribution in [2.45, 2.75) is 19.5 Å². The van der Waals surface area contributed by atoms with Crippen molar-refractivity contribution in [3.63, 3.8) is 0 Å². The van der Waals surface area contributed by atoms with Gasteiger partial charge in [0.15, 0.2) is 0 Å². The number of thiophene rings is 1. The minimum atomic E-state index is 0.399. The van der Waals surface area contributed by atoms with Gasteiger partial charge in [0.2, 0.25) is 0 Å². The van der Waals surface area contributed by atoms with Crippen LogP contribution in [0.5, 0.6) is 0 Å². The van der Waals surface area contributed by atoms with Crippen molar-refractivity contribution < 1.29 is 0 Å². The highest BCUT2D eigenvalue weighted by atomic mass is 35.5. The monoisotopic (exact) mass is 251 g/mol. The number of rotatable bonds is 4. The molecule has 0 aliphatic heterocycles. The van der Waals surface area contributed by atoms with E-state index in [1.807, 2.05) is 12.1 Å². The van der Waals surface area contributed by atoms with Gasteiger partial charge in [-0.3, -0.25) is 0 Å². The van der Waals surface area contributed by atoms with E-state index in [2.05, 4.69) is 41.9 Å². The lowest BCUT2D eigenvalue weighted by atomic mass is 10.2. The molecule has 1 aromatic heterocycles.